The molecule has 1 aliphatic heterocycles. The monoisotopic (exact) mass is 381 g/mol. The van der Waals surface area contributed by atoms with Gasteiger partial charge in [0.1, 0.15) is 12.0 Å². The Morgan fingerprint density at radius 1 is 1.36 bits per heavy atom. The van der Waals surface area contributed by atoms with Crippen LogP contribution in [0.2, 0.25) is 0 Å². The van der Waals surface area contributed by atoms with Gasteiger partial charge in [0.05, 0.1) is 23.9 Å². The SMILES string of the molecule is C[C@@H](COC1CCCCO1)n1cc(C(=O)c2cncc(N)c2)c2cncnc21. The third-order valence-electron chi connectivity index (χ3n) is 4.90. The predicted octanol–water partition coefficient (Wildman–Crippen LogP) is 2.74. The second kappa shape index (κ2) is 8.04. The van der Waals surface area contributed by atoms with Gasteiger partial charge in [0, 0.05) is 42.3 Å². The van der Waals surface area contributed by atoms with E-state index in [1.54, 1.807) is 18.5 Å². The van der Waals surface area contributed by atoms with E-state index in [9.17, 15) is 4.79 Å². The van der Waals surface area contributed by atoms with Gasteiger partial charge in [0.2, 0.25) is 0 Å². The van der Waals surface area contributed by atoms with E-state index >= 15 is 0 Å². The second-order valence-corrected chi connectivity index (χ2v) is 7.02. The highest BCUT2D eigenvalue weighted by molar-refractivity contribution is 6.16. The fourth-order valence-electron chi connectivity index (χ4n) is 3.41. The number of anilines is 1. The number of carbonyl (C=O) groups is 1. The molecular weight excluding hydrogens is 358 g/mol. The third-order valence-corrected chi connectivity index (χ3v) is 4.90. The van der Waals surface area contributed by atoms with Gasteiger partial charge in [-0.15, -0.1) is 0 Å². The number of rotatable bonds is 6. The van der Waals surface area contributed by atoms with Crippen LogP contribution in [0.3, 0.4) is 0 Å². The summed E-state index contributed by atoms with van der Waals surface area (Å²) in [6, 6.07) is 1.60. The molecule has 1 fully saturated rings. The largest absolute Gasteiger partial charge is 0.397 e. The number of aromatic nitrogens is 4. The van der Waals surface area contributed by atoms with E-state index in [-0.39, 0.29) is 18.1 Å². The molecule has 2 N–H and O–H groups in total. The van der Waals surface area contributed by atoms with Crippen molar-refractivity contribution in [2.24, 2.45) is 0 Å². The maximum absolute atomic E-state index is 13.0. The zero-order valence-corrected chi connectivity index (χ0v) is 15.7. The highest BCUT2D eigenvalue weighted by Gasteiger charge is 2.22. The molecule has 0 aromatic carbocycles. The molecular formula is C20H23N5O3. The Morgan fingerprint density at radius 2 is 2.25 bits per heavy atom. The van der Waals surface area contributed by atoms with Gasteiger partial charge in [-0.3, -0.25) is 9.78 Å². The number of ketones is 1. The van der Waals surface area contributed by atoms with E-state index < -0.39 is 0 Å². The van der Waals surface area contributed by atoms with E-state index in [4.69, 9.17) is 15.2 Å². The Balaban J connectivity index is 1.61. The first-order chi connectivity index (χ1) is 13.6. The molecule has 3 aromatic heterocycles. The Morgan fingerprint density at radius 3 is 3.04 bits per heavy atom. The number of carbonyl (C=O) groups excluding carboxylic acids is 1. The summed E-state index contributed by atoms with van der Waals surface area (Å²) < 4.78 is 13.5. The number of ether oxygens (including phenoxy) is 2. The average molecular weight is 381 g/mol. The van der Waals surface area contributed by atoms with E-state index in [1.165, 1.54) is 18.7 Å². The van der Waals surface area contributed by atoms with Crippen molar-refractivity contribution in [2.45, 2.75) is 38.5 Å². The molecule has 4 rings (SSSR count). The number of hydrogen-bond acceptors (Lipinski definition) is 7. The van der Waals surface area contributed by atoms with Crippen LogP contribution >= 0.6 is 0 Å². The highest BCUT2D eigenvalue weighted by atomic mass is 16.7. The molecule has 2 atom stereocenters. The number of fused-ring (bicyclic) bond motifs is 1. The molecule has 0 saturated carbocycles. The summed E-state index contributed by atoms with van der Waals surface area (Å²) in [5, 5.41) is 0.690. The zero-order valence-electron chi connectivity index (χ0n) is 15.7. The first-order valence-electron chi connectivity index (χ1n) is 9.42. The van der Waals surface area contributed by atoms with Gasteiger partial charge in [-0.2, -0.15) is 0 Å². The minimum absolute atomic E-state index is 0.0246. The smallest absolute Gasteiger partial charge is 0.196 e. The van der Waals surface area contributed by atoms with Crippen molar-refractivity contribution in [1.82, 2.24) is 19.5 Å². The van der Waals surface area contributed by atoms with E-state index in [1.807, 2.05) is 11.5 Å². The maximum Gasteiger partial charge on any atom is 0.196 e. The summed E-state index contributed by atoms with van der Waals surface area (Å²) in [6.07, 6.45) is 10.9. The molecule has 146 valence electrons. The van der Waals surface area contributed by atoms with Crippen LogP contribution in [0.4, 0.5) is 5.69 Å². The van der Waals surface area contributed by atoms with Gasteiger partial charge in [0.25, 0.3) is 0 Å². The summed E-state index contributed by atoms with van der Waals surface area (Å²) in [6.45, 7) is 3.23. The molecule has 0 radical (unpaired) electrons. The lowest BCUT2D eigenvalue weighted by Gasteiger charge is -2.24. The topological polar surface area (TPSA) is 105 Å². The first kappa shape index (κ1) is 18.5. The molecule has 4 heterocycles. The fraction of sp³-hybridized carbons (Fsp3) is 0.400. The number of hydrogen-bond donors (Lipinski definition) is 1. The molecule has 0 amide bonds. The Hall–Kier alpha value is -2.84. The van der Waals surface area contributed by atoms with Crippen molar-refractivity contribution in [3.63, 3.8) is 0 Å². The maximum atomic E-state index is 13.0. The molecule has 28 heavy (non-hydrogen) atoms. The van der Waals surface area contributed by atoms with E-state index in [2.05, 4.69) is 15.0 Å². The van der Waals surface area contributed by atoms with Crippen LogP contribution in [0, 0.1) is 0 Å². The number of nitrogens with two attached hydrogens (primary N) is 1. The number of pyridine rings is 1. The molecule has 1 aliphatic rings. The van der Waals surface area contributed by atoms with Gasteiger partial charge in [-0.05, 0) is 32.3 Å². The normalized spacial score (nSPS) is 18.2. The molecule has 8 heteroatoms. The van der Waals surface area contributed by atoms with Crippen LogP contribution < -0.4 is 5.73 Å². The van der Waals surface area contributed by atoms with Crippen LogP contribution in [0.25, 0.3) is 11.0 Å². The molecule has 0 bridgehead atoms. The summed E-state index contributed by atoms with van der Waals surface area (Å²) in [5.41, 5.74) is 7.86. The summed E-state index contributed by atoms with van der Waals surface area (Å²) in [5.74, 6) is -0.165. The average Bonchev–Trinajstić information content (AvgIpc) is 3.12. The summed E-state index contributed by atoms with van der Waals surface area (Å²) >= 11 is 0. The Kier molecular flexibility index (Phi) is 5.31. The lowest BCUT2D eigenvalue weighted by Crippen LogP contribution is -2.25. The quantitative estimate of drug-likeness (QED) is 0.655. The Labute approximate surface area is 162 Å². The first-order valence-corrected chi connectivity index (χ1v) is 9.42. The van der Waals surface area contributed by atoms with Crippen LogP contribution in [0.1, 0.15) is 48.1 Å². The van der Waals surface area contributed by atoms with Crippen molar-refractivity contribution < 1.29 is 14.3 Å². The van der Waals surface area contributed by atoms with E-state index in [0.29, 0.717) is 34.5 Å². The molecule has 0 spiro atoms. The highest BCUT2D eigenvalue weighted by Crippen LogP contribution is 2.26. The van der Waals surface area contributed by atoms with Crippen molar-refractivity contribution in [3.05, 3.63) is 48.3 Å². The fourth-order valence-corrected chi connectivity index (χ4v) is 3.41. The number of nitrogen functional groups attached to an aromatic ring is 1. The zero-order chi connectivity index (χ0) is 19.5. The number of nitrogens with zero attached hydrogens (tertiary/aromatic N) is 4. The Bertz CT molecular complexity index is 981. The third kappa shape index (κ3) is 3.74. The molecule has 1 saturated heterocycles. The molecule has 8 nitrogen and oxygen atoms in total. The minimum Gasteiger partial charge on any atom is -0.397 e. The summed E-state index contributed by atoms with van der Waals surface area (Å²) in [4.78, 5) is 25.5. The van der Waals surface area contributed by atoms with Gasteiger partial charge in [-0.1, -0.05) is 0 Å². The van der Waals surface area contributed by atoms with Crippen LogP contribution in [0.15, 0.2) is 37.2 Å². The summed E-state index contributed by atoms with van der Waals surface area (Å²) in [7, 11) is 0. The molecule has 3 aromatic rings. The lowest BCUT2D eigenvalue weighted by molar-refractivity contribution is -0.166. The van der Waals surface area contributed by atoms with Crippen molar-refractivity contribution in [3.8, 4) is 0 Å². The lowest BCUT2D eigenvalue weighted by atomic mass is 10.1. The van der Waals surface area contributed by atoms with Crippen molar-refractivity contribution in [2.75, 3.05) is 18.9 Å². The molecule has 1 unspecified atom stereocenters. The van der Waals surface area contributed by atoms with E-state index in [0.717, 1.165) is 25.9 Å². The van der Waals surface area contributed by atoms with Crippen LogP contribution in [0.5, 0.6) is 0 Å². The standard InChI is InChI=1S/C20H23N5O3/c1-13(11-28-18-4-2-3-5-27-18)25-10-17(16-9-23-12-24-20(16)25)19(26)14-6-15(21)8-22-7-14/h6-10,12-13,18H,2-5,11,21H2,1H3/t13-,18?/m0/s1. The van der Waals surface area contributed by atoms with Gasteiger partial charge in [-0.25, -0.2) is 9.97 Å². The van der Waals surface area contributed by atoms with Crippen LogP contribution in [-0.4, -0.2) is 44.8 Å². The van der Waals surface area contributed by atoms with Crippen LogP contribution in [-0.2, 0) is 9.47 Å². The second-order valence-electron chi connectivity index (χ2n) is 7.02. The van der Waals surface area contributed by atoms with Crippen molar-refractivity contribution >= 4 is 22.5 Å². The molecule has 0 aliphatic carbocycles. The van der Waals surface area contributed by atoms with Crippen molar-refractivity contribution in [1.29, 1.82) is 0 Å². The van der Waals surface area contributed by atoms with Gasteiger partial charge < -0.3 is 19.8 Å². The predicted molar refractivity (Wildman–Crippen MR) is 104 cm³/mol. The van der Waals surface area contributed by atoms with Gasteiger partial charge >= 0.3 is 0 Å². The minimum atomic E-state index is -0.165. The van der Waals surface area contributed by atoms with Gasteiger partial charge in [0.15, 0.2) is 12.1 Å².